The molecule has 3 heterocycles. The third-order valence-electron chi connectivity index (χ3n) is 3.78. The lowest BCUT2D eigenvalue weighted by molar-refractivity contribution is -0.114. The van der Waals surface area contributed by atoms with Crippen LogP contribution < -0.4 is 10.6 Å². The van der Waals surface area contributed by atoms with Crippen molar-refractivity contribution in [2.24, 2.45) is 0 Å². The Morgan fingerprint density at radius 2 is 1.89 bits per heavy atom. The zero-order valence-corrected chi connectivity index (χ0v) is 15.5. The Morgan fingerprint density at radius 1 is 1.11 bits per heavy atom. The Hall–Kier alpha value is -3.49. The highest BCUT2D eigenvalue weighted by Gasteiger charge is 2.26. The maximum atomic E-state index is 13.6. The van der Waals surface area contributed by atoms with Gasteiger partial charge in [0.25, 0.3) is 5.92 Å². The number of aromatic nitrogens is 4. The summed E-state index contributed by atoms with van der Waals surface area (Å²) >= 11 is 0. The molecule has 0 atom stereocenters. The molecule has 2 N–H and O–H groups in total. The number of nitrogens with zero attached hydrogens (tertiary/aromatic N) is 4. The second kappa shape index (κ2) is 7.63. The molecule has 0 radical (unpaired) electrons. The van der Waals surface area contributed by atoms with Crippen LogP contribution in [0.1, 0.15) is 25.2 Å². The lowest BCUT2D eigenvalue weighted by atomic mass is 10.1. The first-order valence-corrected chi connectivity index (χ1v) is 8.40. The maximum Gasteiger partial charge on any atom is 0.287 e. The van der Waals surface area contributed by atoms with Gasteiger partial charge < -0.3 is 10.6 Å². The quantitative estimate of drug-likeness (QED) is 0.689. The molecule has 7 nitrogen and oxygen atoms in total. The number of carbonyl (C=O) groups is 1. The second-order valence-corrected chi connectivity index (χ2v) is 6.28. The number of halogens is 2. The van der Waals surface area contributed by atoms with Crippen molar-refractivity contribution in [3.05, 3.63) is 54.4 Å². The summed E-state index contributed by atoms with van der Waals surface area (Å²) in [5, 5.41) is 5.69. The van der Waals surface area contributed by atoms with E-state index < -0.39 is 5.92 Å². The van der Waals surface area contributed by atoms with E-state index in [2.05, 4.69) is 30.6 Å². The van der Waals surface area contributed by atoms with E-state index in [1.54, 1.807) is 24.4 Å². The van der Waals surface area contributed by atoms with Crippen LogP contribution in [-0.4, -0.2) is 25.8 Å². The van der Waals surface area contributed by atoms with E-state index in [1.807, 2.05) is 6.92 Å². The third kappa shape index (κ3) is 4.61. The summed E-state index contributed by atoms with van der Waals surface area (Å²) in [6, 6.07) is 6.23. The molecule has 0 aromatic carbocycles. The highest BCUT2D eigenvalue weighted by atomic mass is 19.3. The van der Waals surface area contributed by atoms with Crippen molar-refractivity contribution in [1.29, 1.82) is 0 Å². The Labute approximate surface area is 160 Å². The maximum absolute atomic E-state index is 13.6. The highest BCUT2D eigenvalue weighted by Crippen LogP contribution is 2.32. The predicted octanol–water partition coefficient (Wildman–Crippen LogP) is 4.06. The summed E-state index contributed by atoms with van der Waals surface area (Å²) in [5.74, 6) is -3.02. The average molecular weight is 384 g/mol. The first-order chi connectivity index (χ1) is 13.2. The van der Waals surface area contributed by atoms with Gasteiger partial charge >= 0.3 is 0 Å². The zero-order chi connectivity index (χ0) is 20.3. The number of rotatable bonds is 5. The number of carbonyl (C=O) groups excluding carboxylic acids is 1. The molecule has 1 amide bonds. The number of amides is 1. The van der Waals surface area contributed by atoms with Gasteiger partial charge in [-0.3, -0.25) is 9.78 Å². The molecular weight excluding hydrogens is 366 g/mol. The Kier molecular flexibility index (Phi) is 5.25. The molecule has 0 aliphatic carbocycles. The highest BCUT2D eigenvalue weighted by molar-refractivity contribution is 5.89. The van der Waals surface area contributed by atoms with Gasteiger partial charge in [-0.15, -0.1) is 0 Å². The van der Waals surface area contributed by atoms with E-state index in [1.165, 1.54) is 25.5 Å². The van der Waals surface area contributed by atoms with E-state index in [-0.39, 0.29) is 11.6 Å². The molecule has 0 aliphatic heterocycles. The number of hydrogen-bond donors (Lipinski definition) is 2. The molecule has 0 bridgehead atoms. The average Bonchev–Trinajstić information content (AvgIpc) is 2.61. The number of nitrogens with one attached hydrogen (secondary N) is 2. The van der Waals surface area contributed by atoms with E-state index in [4.69, 9.17) is 0 Å². The molecule has 3 aromatic rings. The molecule has 0 spiro atoms. The van der Waals surface area contributed by atoms with Crippen LogP contribution in [0.15, 0.2) is 43.0 Å². The minimum atomic E-state index is -3.07. The summed E-state index contributed by atoms with van der Waals surface area (Å²) in [6.07, 6.45) is 4.28. The third-order valence-corrected chi connectivity index (χ3v) is 3.78. The molecule has 0 saturated carbocycles. The van der Waals surface area contributed by atoms with Crippen LogP contribution in [0.25, 0.3) is 11.3 Å². The van der Waals surface area contributed by atoms with Gasteiger partial charge in [-0.05, 0) is 25.1 Å². The topological polar surface area (TPSA) is 92.7 Å². The van der Waals surface area contributed by atoms with Crippen molar-refractivity contribution in [3.8, 4) is 11.3 Å². The van der Waals surface area contributed by atoms with Gasteiger partial charge in [0.1, 0.15) is 17.8 Å². The Balaban J connectivity index is 2.05. The molecule has 3 aromatic heterocycles. The molecule has 0 fully saturated rings. The van der Waals surface area contributed by atoms with Crippen molar-refractivity contribution in [3.63, 3.8) is 0 Å². The number of hydrogen-bond acceptors (Lipinski definition) is 6. The van der Waals surface area contributed by atoms with Crippen molar-refractivity contribution in [1.82, 2.24) is 19.9 Å². The van der Waals surface area contributed by atoms with Crippen molar-refractivity contribution < 1.29 is 13.6 Å². The van der Waals surface area contributed by atoms with Gasteiger partial charge in [0.15, 0.2) is 0 Å². The molecule has 9 heteroatoms. The Bertz CT molecular complexity index is 1020. The van der Waals surface area contributed by atoms with Gasteiger partial charge in [0.2, 0.25) is 5.91 Å². The van der Waals surface area contributed by atoms with E-state index in [0.717, 1.165) is 12.6 Å². The minimum absolute atomic E-state index is 0.277. The normalized spacial score (nSPS) is 11.2. The lowest BCUT2D eigenvalue weighted by Crippen LogP contribution is -2.10. The standard InChI is InChI=1S/C19H18F2N6O/c1-11-6-15(25-10-24-11)14-9-23-18(26-12(2)28)8-16(14)27-13-4-5-22-17(7-13)19(3,20)21/h4-10H,1-3H3,(H2,22,23,26,27,28). The number of aryl methyl sites for hydroxylation is 1. The fourth-order valence-electron chi connectivity index (χ4n) is 2.52. The minimum Gasteiger partial charge on any atom is -0.355 e. The first-order valence-electron chi connectivity index (χ1n) is 8.40. The molecule has 144 valence electrons. The van der Waals surface area contributed by atoms with Gasteiger partial charge in [-0.2, -0.15) is 8.78 Å². The lowest BCUT2D eigenvalue weighted by Gasteiger charge is -2.15. The van der Waals surface area contributed by atoms with E-state index in [9.17, 15) is 13.6 Å². The molecule has 0 saturated heterocycles. The van der Waals surface area contributed by atoms with Crippen LogP contribution in [0.5, 0.6) is 0 Å². The van der Waals surface area contributed by atoms with Crippen LogP contribution in [0.4, 0.5) is 26.0 Å². The monoisotopic (exact) mass is 384 g/mol. The van der Waals surface area contributed by atoms with Crippen LogP contribution in [0.2, 0.25) is 0 Å². The molecule has 3 rings (SSSR count). The van der Waals surface area contributed by atoms with Gasteiger partial charge in [-0.25, -0.2) is 15.0 Å². The number of anilines is 3. The number of alkyl halides is 2. The van der Waals surface area contributed by atoms with Gasteiger partial charge in [-0.1, -0.05) is 0 Å². The van der Waals surface area contributed by atoms with Crippen LogP contribution in [0.3, 0.4) is 0 Å². The van der Waals surface area contributed by atoms with Gasteiger partial charge in [0.05, 0.1) is 11.4 Å². The van der Waals surface area contributed by atoms with Crippen molar-refractivity contribution in [2.45, 2.75) is 26.7 Å². The summed E-state index contributed by atoms with van der Waals surface area (Å²) in [7, 11) is 0. The number of pyridine rings is 2. The molecule has 0 aliphatic rings. The second-order valence-electron chi connectivity index (χ2n) is 6.28. The fourth-order valence-corrected chi connectivity index (χ4v) is 2.52. The molecule has 28 heavy (non-hydrogen) atoms. The van der Waals surface area contributed by atoms with Crippen LogP contribution in [-0.2, 0) is 10.7 Å². The predicted molar refractivity (Wildman–Crippen MR) is 101 cm³/mol. The summed E-state index contributed by atoms with van der Waals surface area (Å²) in [5.41, 5.74) is 2.59. The van der Waals surface area contributed by atoms with Crippen molar-refractivity contribution >= 4 is 23.1 Å². The fraction of sp³-hybridized carbons (Fsp3) is 0.211. The largest absolute Gasteiger partial charge is 0.355 e. The summed E-state index contributed by atoms with van der Waals surface area (Å²) in [6.45, 7) is 3.99. The summed E-state index contributed by atoms with van der Waals surface area (Å²) < 4.78 is 27.2. The van der Waals surface area contributed by atoms with Gasteiger partial charge in [0, 0.05) is 49.3 Å². The molecule has 0 unspecified atom stereocenters. The van der Waals surface area contributed by atoms with Crippen LogP contribution in [0, 0.1) is 6.92 Å². The smallest absolute Gasteiger partial charge is 0.287 e. The Morgan fingerprint density at radius 3 is 2.57 bits per heavy atom. The van der Waals surface area contributed by atoms with E-state index >= 15 is 0 Å². The first kappa shape index (κ1) is 19.3. The molecular formula is C19H18F2N6O. The SMILES string of the molecule is CC(=O)Nc1cc(Nc2ccnc(C(C)(F)F)c2)c(-c2cc(C)ncn2)cn1. The summed E-state index contributed by atoms with van der Waals surface area (Å²) in [4.78, 5) is 27.6. The zero-order valence-electron chi connectivity index (χ0n) is 15.5. The van der Waals surface area contributed by atoms with Crippen LogP contribution >= 0.6 is 0 Å². The van der Waals surface area contributed by atoms with Crippen molar-refractivity contribution in [2.75, 3.05) is 10.6 Å². The van der Waals surface area contributed by atoms with E-state index in [0.29, 0.717) is 28.5 Å².